The average Bonchev–Trinajstić information content (AvgIpc) is 3.12. The second-order valence-electron chi connectivity index (χ2n) is 5.87. The van der Waals surface area contributed by atoms with E-state index in [4.69, 9.17) is 4.74 Å². The highest BCUT2D eigenvalue weighted by Gasteiger charge is 2.15. The first-order valence-electron chi connectivity index (χ1n) is 8.24. The molecule has 0 saturated heterocycles. The normalized spacial score (nSPS) is 10.8. The minimum Gasteiger partial charge on any atom is -0.486 e. The van der Waals surface area contributed by atoms with Crippen LogP contribution >= 0.6 is 11.3 Å². The topological polar surface area (TPSA) is 47.6 Å². The molecule has 3 rings (SSSR count). The second-order valence-corrected chi connectivity index (χ2v) is 6.78. The number of aryl methyl sites for hydroxylation is 1. The molecule has 1 N–H and O–H groups in total. The number of thiophene rings is 1. The molecule has 0 aliphatic carbocycles. The van der Waals surface area contributed by atoms with E-state index in [-0.39, 0.29) is 23.8 Å². The molecule has 146 valence electrons. The highest BCUT2D eigenvalue weighted by atomic mass is 32.1. The Morgan fingerprint density at radius 2 is 1.93 bits per heavy atom. The van der Waals surface area contributed by atoms with Gasteiger partial charge in [0.1, 0.15) is 12.4 Å². The van der Waals surface area contributed by atoms with E-state index in [1.165, 1.54) is 24.3 Å². The van der Waals surface area contributed by atoms with Gasteiger partial charge in [-0.2, -0.15) is 8.78 Å². The van der Waals surface area contributed by atoms with Gasteiger partial charge in [-0.15, -0.1) is 11.3 Å². The molecule has 2 aromatic carbocycles. The van der Waals surface area contributed by atoms with Crippen LogP contribution in [0.1, 0.15) is 20.8 Å². The number of ether oxygens (including phenoxy) is 2. The van der Waals surface area contributed by atoms with Crippen LogP contribution in [-0.4, -0.2) is 12.5 Å². The van der Waals surface area contributed by atoms with Crippen LogP contribution in [0.5, 0.6) is 11.5 Å². The third-order valence-corrected chi connectivity index (χ3v) is 4.69. The van der Waals surface area contributed by atoms with Crippen molar-refractivity contribution in [1.29, 1.82) is 0 Å². The maximum Gasteiger partial charge on any atom is 0.387 e. The number of alkyl halides is 2. The van der Waals surface area contributed by atoms with Crippen LogP contribution < -0.4 is 14.8 Å². The van der Waals surface area contributed by atoms with Crippen molar-refractivity contribution in [1.82, 2.24) is 0 Å². The van der Waals surface area contributed by atoms with E-state index in [2.05, 4.69) is 10.1 Å². The maximum atomic E-state index is 13.6. The lowest BCUT2D eigenvalue weighted by Crippen LogP contribution is -2.13. The molecule has 0 saturated carbocycles. The van der Waals surface area contributed by atoms with Crippen molar-refractivity contribution in [3.8, 4) is 11.5 Å². The zero-order valence-corrected chi connectivity index (χ0v) is 15.6. The summed E-state index contributed by atoms with van der Waals surface area (Å²) < 4.78 is 48.6. The summed E-state index contributed by atoms with van der Waals surface area (Å²) >= 11 is 1.16. The van der Waals surface area contributed by atoms with Crippen LogP contribution in [0.15, 0.2) is 53.9 Å². The standard InChI is InChI=1S/C20H16F3NO3S/c1-12-6-7-15(17(8-12)27-20(22)23)24-19(25)18-9-13(11-28-18)10-26-16-5-3-2-4-14(16)21/h2-9,11,20H,10H2,1H3,(H,24,25). The van der Waals surface area contributed by atoms with Gasteiger partial charge in [-0.1, -0.05) is 18.2 Å². The first-order valence-corrected chi connectivity index (χ1v) is 9.12. The molecule has 4 nitrogen and oxygen atoms in total. The lowest BCUT2D eigenvalue weighted by Gasteiger charge is -2.12. The van der Waals surface area contributed by atoms with Crippen molar-refractivity contribution in [2.24, 2.45) is 0 Å². The lowest BCUT2D eigenvalue weighted by molar-refractivity contribution is -0.0494. The summed E-state index contributed by atoms with van der Waals surface area (Å²) in [6.07, 6.45) is 0. The minimum atomic E-state index is -3.00. The number of para-hydroxylation sites is 1. The Bertz CT molecular complexity index is 975. The van der Waals surface area contributed by atoms with Gasteiger partial charge in [0, 0.05) is 5.56 Å². The number of benzene rings is 2. The highest BCUT2D eigenvalue weighted by molar-refractivity contribution is 7.12. The van der Waals surface area contributed by atoms with Crippen molar-refractivity contribution in [3.63, 3.8) is 0 Å². The van der Waals surface area contributed by atoms with E-state index in [1.54, 1.807) is 36.6 Å². The van der Waals surface area contributed by atoms with E-state index < -0.39 is 18.3 Å². The summed E-state index contributed by atoms with van der Waals surface area (Å²) in [4.78, 5) is 12.8. The maximum absolute atomic E-state index is 13.6. The van der Waals surface area contributed by atoms with Gasteiger partial charge in [0.25, 0.3) is 5.91 Å². The van der Waals surface area contributed by atoms with Crippen molar-refractivity contribution in [2.45, 2.75) is 20.1 Å². The van der Waals surface area contributed by atoms with Crippen LogP contribution in [0.25, 0.3) is 0 Å². The number of rotatable bonds is 7. The summed E-state index contributed by atoms with van der Waals surface area (Å²) in [5.74, 6) is -0.928. The number of carbonyl (C=O) groups excluding carboxylic acids is 1. The van der Waals surface area contributed by atoms with Gasteiger partial charge in [-0.25, -0.2) is 4.39 Å². The quantitative estimate of drug-likeness (QED) is 0.552. The fraction of sp³-hybridized carbons (Fsp3) is 0.150. The van der Waals surface area contributed by atoms with Gasteiger partial charge in [0.2, 0.25) is 0 Å². The van der Waals surface area contributed by atoms with Crippen LogP contribution in [0.3, 0.4) is 0 Å². The Labute approximate surface area is 163 Å². The molecule has 1 aromatic heterocycles. The van der Waals surface area contributed by atoms with Crippen molar-refractivity contribution >= 4 is 22.9 Å². The third kappa shape index (κ3) is 5.04. The van der Waals surface area contributed by atoms with Gasteiger partial charge in [-0.3, -0.25) is 4.79 Å². The van der Waals surface area contributed by atoms with Gasteiger partial charge in [0.15, 0.2) is 11.6 Å². The highest BCUT2D eigenvalue weighted by Crippen LogP contribution is 2.28. The Morgan fingerprint density at radius 3 is 2.68 bits per heavy atom. The Balaban J connectivity index is 1.67. The number of carbonyl (C=O) groups is 1. The summed E-state index contributed by atoms with van der Waals surface area (Å²) in [6.45, 7) is -1.18. The molecule has 0 spiro atoms. The Kier molecular flexibility index (Phi) is 6.20. The van der Waals surface area contributed by atoms with E-state index in [0.717, 1.165) is 16.9 Å². The molecular weight excluding hydrogens is 391 g/mol. The monoisotopic (exact) mass is 407 g/mol. The molecule has 1 heterocycles. The zero-order valence-electron chi connectivity index (χ0n) is 14.7. The van der Waals surface area contributed by atoms with Crippen molar-refractivity contribution in [2.75, 3.05) is 5.32 Å². The predicted octanol–water partition coefficient (Wildman–Crippen LogP) is 5.63. The fourth-order valence-corrected chi connectivity index (χ4v) is 3.20. The van der Waals surface area contributed by atoms with Gasteiger partial charge < -0.3 is 14.8 Å². The van der Waals surface area contributed by atoms with E-state index in [1.807, 2.05) is 0 Å². The lowest BCUT2D eigenvalue weighted by atomic mass is 10.2. The van der Waals surface area contributed by atoms with Crippen molar-refractivity contribution in [3.05, 3.63) is 75.7 Å². The number of hydrogen-bond donors (Lipinski definition) is 1. The minimum absolute atomic E-state index is 0.0923. The summed E-state index contributed by atoms with van der Waals surface area (Å²) in [6, 6.07) is 12.2. The number of hydrogen-bond acceptors (Lipinski definition) is 4. The first-order chi connectivity index (χ1) is 13.4. The average molecular weight is 407 g/mol. The van der Waals surface area contributed by atoms with Gasteiger partial charge >= 0.3 is 6.61 Å². The second kappa shape index (κ2) is 8.79. The van der Waals surface area contributed by atoms with Crippen LogP contribution in [-0.2, 0) is 6.61 Å². The molecule has 8 heteroatoms. The molecule has 0 aliphatic heterocycles. The zero-order chi connectivity index (χ0) is 20.1. The molecule has 0 radical (unpaired) electrons. The van der Waals surface area contributed by atoms with E-state index in [9.17, 15) is 18.0 Å². The molecule has 0 atom stereocenters. The number of amides is 1. The molecule has 28 heavy (non-hydrogen) atoms. The van der Waals surface area contributed by atoms with Gasteiger partial charge in [0.05, 0.1) is 10.6 Å². The van der Waals surface area contributed by atoms with Crippen LogP contribution in [0, 0.1) is 12.7 Å². The molecular formula is C20H16F3NO3S. The summed E-state index contributed by atoms with van der Waals surface area (Å²) in [5, 5.41) is 4.28. The van der Waals surface area contributed by atoms with E-state index in [0.29, 0.717) is 10.4 Å². The van der Waals surface area contributed by atoms with Gasteiger partial charge in [-0.05, 0) is 48.2 Å². The molecule has 0 aliphatic rings. The Morgan fingerprint density at radius 1 is 1.14 bits per heavy atom. The predicted molar refractivity (Wildman–Crippen MR) is 101 cm³/mol. The van der Waals surface area contributed by atoms with E-state index >= 15 is 0 Å². The van der Waals surface area contributed by atoms with Crippen LogP contribution in [0.2, 0.25) is 0 Å². The van der Waals surface area contributed by atoms with Crippen LogP contribution in [0.4, 0.5) is 18.9 Å². The SMILES string of the molecule is Cc1ccc(NC(=O)c2cc(COc3ccccc3F)cs2)c(OC(F)F)c1. The Hall–Kier alpha value is -3.00. The molecule has 3 aromatic rings. The fourth-order valence-electron chi connectivity index (χ4n) is 2.40. The van der Waals surface area contributed by atoms with Crippen molar-refractivity contribution < 1.29 is 27.4 Å². The number of anilines is 1. The largest absolute Gasteiger partial charge is 0.486 e. The third-order valence-electron chi connectivity index (χ3n) is 3.71. The summed E-state index contributed by atoms with van der Waals surface area (Å²) in [7, 11) is 0. The molecule has 1 amide bonds. The molecule has 0 bridgehead atoms. The summed E-state index contributed by atoms with van der Waals surface area (Å²) in [5.41, 5.74) is 1.55. The number of halogens is 3. The smallest absolute Gasteiger partial charge is 0.387 e. The number of nitrogens with one attached hydrogen (secondary N) is 1. The first kappa shape index (κ1) is 19.8. The molecule has 0 fully saturated rings. The molecule has 0 unspecified atom stereocenters.